The molecule has 4 fully saturated rings. The Hall–Kier alpha value is -2.00. The molecule has 29 heavy (non-hydrogen) atoms. The second-order valence-corrected chi connectivity index (χ2v) is 9.57. The van der Waals surface area contributed by atoms with Crippen LogP contribution in [0, 0.1) is 17.3 Å². The fourth-order valence-corrected chi connectivity index (χ4v) is 6.42. The first-order valence-electron chi connectivity index (χ1n) is 10.1. The molecule has 9 heteroatoms. The van der Waals surface area contributed by atoms with Gasteiger partial charge in [0.05, 0.1) is 29.7 Å². The SMILES string of the molecule is CCOC(=O)Cc1csc(NC(=O)COC(=O)C23C[C@@H]4C[C@@H](CC(O)(C4)C2)C3)n1. The minimum atomic E-state index is -0.748. The quantitative estimate of drug-likeness (QED) is 0.646. The molecule has 0 saturated heterocycles. The van der Waals surface area contributed by atoms with E-state index in [1.54, 1.807) is 12.3 Å². The van der Waals surface area contributed by atoms with Gasteiger partial charge in [-0.3, -0.25) is 19.7 Å². The molecule has 0 spiro atoms. The highest BCUT2D eigenvalue weighted by atomic mass is 32.1. The number of ether oxygens (including phenoxy) is 2. The summed E-state index contributed by atoms with van der Waals surface area (Å²) in [5.41, 5.74) is -0.878. The zero-order chi connectivity index (χ0) is 20.6. The van der Waals surface area contributed by atoms with E-state index in [4.69, 9.17) is 9.47 Å². The predicted molar refractivity (Wildman–Crippen MR) is 104 cm³/mol. The molecular formula is C20H26N2O6S. The Kier molecular flexibility index (Phi) is 5.37. The minimum absolute atomic E-state index is 0.0446. The van der Waals surface area contributed by atoms with Crippen LogP contribution in [-0.2, 0) is 30.3 Å². The molecule has 4 aliphatic carbocycles. The summed E-state index contributed by atoms with van der Waals surface area (Å²) < 4.78 is 10.2. The molecule has 1 aromatic heterocycles. The van der Waals surface area contributed by atoms with Gasteiger partial charge in [-0.2, -0.15) is 0 Å². The van der Waals surface area contributed by atoms with E-state index in [0.29, 0.717) is 35.7 Å². The maximum atomic E-state index is 12.8. The van der Waals surface area contributed by atoms with Gasteiger partial charge >= 0.3 is 11.9 Å². The van der Waals surface area contributed by atoms with Gasteiger partial charge in [-0.15, -0.1) is 11.3 Å². The molecule has 4 saturated carbocycles. The van der Waals surface area contributed by atoms with Gasteiger partial charge in [0, 0.05) is 5.38 Å². The van der Waals surface area contributed by atoms with Crippen molar-refractivity contribution in [3.63, 3.8) is 0 Å². The normalized spacial score (nSPS) is 32.1. The van der Waals surface area contributed by atoms with Gasteiger partial charge < -0.3 is 14.6 Å². The summed E-state index contributed by atoms with van der Waals surface area (Å²) >= 11 is 1.19. The molecule has 4 atom stereocenters. The van der Waals surface area contributed by atoms with Crippen molar-refractivity contribution in [2.75, 3.05) is 18.5 Å². The van der Waals surface area contributed by atoms with E-state index in [1.807, 2.05) is 0 Å². The van der Waals surface area contributed by atoms with Crippen LogP contribution in [0.2, 0.25) is 0 Å². The molecule has 2 N–H and O–H groups in total. The van der Waals surface area contributed by atoms with Crippen LogP contribution >= 0.6 is 11.3 Å². The van der Waals surface area contributed by atoms with Gasteiger partial charge in [0.1, 0.15) is 0 Å². The monoisotopic (exact) mass is 422 g/mol. The summed E-state index contributed by atoms with van der Waals surface area (Å²) in [6.07, 6.45) is 4.61. The van der Waals surface area contributed by atoms with Gasteiger partial charge in [0.15, 0.2) is 11.7 Å². The van der Waals surface area contributed by atoms with Crippen LogP contribution in [0.1, 0.15) is 51.1 Å². The third-order valence-corrected chi connectivity index (χ3v) is 7.03. The fourth-order valence-electron chi connectivity index (χ4n) is 5.70. The number of hydrogen-bond donors (Lipinski definition) is 2. The van der Waals surface area contributed by atoms with Crippen LogP contribution < -0.4 is 5.32 Å². The summed E-state index contributed by atoms with van der Waals surface area (Å²) in [6.45, 7) is 1.65. The maximum absolute atomic E-state index is 12.8. The zero-order valence-corrected chi connectivity index (χ0v) is 17.3. The van der Waals surface area contributed by atoms with Crippen LogP contribution in [-0.4, -0.2) is 46.8 Å². The Balaban J connectivity index is 1.28. The highest BCUT2D eigenvalue weighted by molar-refractivity contribution is 7.13. The molecule has 0 radical (unpaired) electrons. The molecule has 4 bridgehead atoms. The summed E-state index contributed by atoms with van der Waals surface area (Å²) in [6, 6.07) is 0. The molecule has 1 heterocycles. The van der Waals surface area contributed by atoms with E-state index in [0.717, 1.165) is 32.1 Å². The first-order valence-corrected chi connectivity index (χ1v) is 11.0. The molecule has 8 nitrogen and oxygen atoms in total. The number of esters is 2. The highest BCUT2D eigenvalue weighted by Gasteiger charge is 2.60. The number of carbonyl (C=O) groups excluding carboxylic acids is 3. The third kappa shape index (κ3) is 4.30. The second kappa shape index (κ2) is 7.68. The first kappa shape index (κ1) is 20.3. The van der Waals surface area contributed by atoms with Crippen LogP contribution in [0.3, 0.4) is 0 Å². The molecule has 0 aromatic carbocycles. The zero-order valence-electron chi connectivity index (χ0n) is 16.4. The number of thiazole rings is 1. The lowest BCUT2D eigenvalue weighted by Gasteiger charge is -2.58. The second-order valence-electron chi connectivity index (χ2n) is 8.72. The molecule has 4 aliphatic rings. The smallest absolute Gasteiger partial charge is 0.312 e. The number of carbonyl (C=O) groups is 3. The van der Waals surface area contributed by atoms with Gasteiger partial charge in [-0.25, -0.2) is 4.98 Å². The Morgan fingerprint density at radius 1 is 1.24 bits per heavy atom. The number of hydrogen-bond acceptors (Lipinski definition) is 8. The van der Waals surface area contributed by atoms with Crippen molar-refractivity contribution in [1.82, 2.24) is 4.98 Å². The summed E-state index contributed by atoms with van der Waals surface area (Å²) in [5, 5.41) is 15.4. The minimum Gasteiger partial charge on any atom is -0.466 e. The van der Waals surface area contributed by atoms with Crippen molar-refractivity contribution >= 4 is 34.3 Å². The van der Waals surface area contributed by atoms with Crippen molar-refractivity contribution < 1.29 is 29.0 Å². The average Bonchev–Trinajstić information content (AvgIpc) is 3.04. The van der Waals surface area contributed by atoms with E-state index in [2.05, 4.69) is 10.3 Å². The Bertz CT molecular complexity index is 808. The van der Waals surface area contributed by atoms with Crippen LogP contribution in [0.15, 0.2) is 5.38 Å². The van der Waals surface area contributed by atoms with Crippen LogP contribution in [0.4, 0.5) is 5.13 Å². The van der Waals surface area contributed by atoms with E-state index in [9.17, 15) is 19.5 Å². The number of nitrogens with one attached hydrogen (secondary N) is 1. The molecule has 0 aliphatic heterocycles. The largest absolute Gasteiger partial charge is 0.466 e. The third-order valence-electron chi connectivity index (χ3n) is 6.23. The molecule has 2 unspecified atom stereocenters. The topological polar surface area (TPSA) is 115 Å². The molecule has 1 aromatic rings. The molecular weight excluding hydrogens is 396 g/mol. The number of anilines is 1. The van der Waals surface area contributed by atoms with E-state index < -0.39 is 16.9 Å². The molecule has 5 rings (SSSR count). The van der Waals surface area contributed by atoms with Gasteiger partial charge in [-0.05, 0) is 57.3 Å². The molecule has 158 valence electrons. The maximum Gasteiger partial charge on any atom is 0.312 e. The van der Waals surface area contributed by atoms with E-state index >= 15 is 0 Å². The van der Waals surface area contributed by atoms with Gasteiger partial charge in [-0.1, -0.05) is 0 Å². The molecule has 1 amide bonds. The van der Waals surface area contributed by atoms with Gasteiger partial charge in [0.2, 0.25) is 0 Å². The fraction of sp³-hybridized carbons (Fsp3) is 0.700. The number of nitrogens with zero attached hydrogens (tertiary/aromatic N) is 1. The summed E-state index contributed by atoms with van der Waals surface area (Å²) in [4.78, 5) is 40.6. The number of aromatic nitrogens is 1. The Morgan fingerprint density at radius 2 is 1.97 bits per heavy atom. The highest BCUT2D eigenvalue weighted by Crippen LogP contribution is 2.61. The van der Waals surface area contributed by atoms with Crippen molar-refractivity contribution in [1.29, 1.82) is 0 Å². The lowest BCUT2D eigenvalue weighted by molar-refractivity contribution is -0.196. The van der Waals surface area contributed by atoms with Crippen molar-refractivity contribution in [3.8, 4) is 0 Å². The Labute approximate surface area is 173 Å². The lowest BCUT2D eigenvalue weighted by atomic mass is 9.48. The lowest BCUT2D eigenvalue weighted by Crippen LogP contribution is -2.58. The summed E-state index contributed by atoms with van der Waals surface area (Å²) in [7, 11) is 0. The van der Waals surface area contributed by atoms with Crippen LogP contribution in [0.25, 0.3) is 0 Å². The summed E-state index contributed by atoms with van der Waals surface area (Å²) in [5.74, 6) is -0.477. The van der Waals surface area contributed by atoms with Crippen molar-refractivity contribution in [3.05, 3.63) is 11.1 Å². The number of rotatable bonds is 7. The van der Waals surface area contributed by atoms with Gasteiger partial charge in [0.25, 0.3) is 5.91 Å². The predicted octanol–water partition coefficient (Wildman–Crippen LogP) is 2.06. The Morgan fingerprint density at radius 3 is 2.62 bits per heavy atom. The standard InChI is InChI=1S/C20H26N2O6S/c1-2-27-16(24)4-14-10-29-18(21-14)22-15(23)9-28-17(25)19-5-12-3-13(6-19)8-20(26,7-12)11-19/h10,12-13,26H,2-9,11H2,1H3,(H,21,22,23)/t12-,13+,19?,20?. The number of amides is 1. The van der Waals surface area contributed by atoms with Crippen molar-refractivity contribution in [2.24, 2.45) is 17.3 Å². The first-order chi connectivity index (χ1) is 13.8. The average molecular weight is 423 g/mol. The van der Waals surface area contributed by atoms with Crippen molar-refractivity contribution in [2.45, 2.75) is 57.5 Å². The van der Waals surface area contributed by atoms with E-state index in [-0.39, 0.29) is 25.0 Å². The van der Waals surface area contributed by atoms with E-state index in [1.165, 1.54) is 11.3 Å². The van der Waals surface area contributed by atoms with Crippen LogP contribution in [0.5, 0.6) is 0 Å². The number of aliphatic hydroxyl groups is 1.